The molecule has 1 N–H and O–H groups in total. The van der Waals surface area contributed by atoms with Crippen LogP contribution in [0.2, 0.25) is 0 Å². The predicted molar refractivity (Wildman–Crippen MR) is 96.1 cm³/mol. The number of nitrogens with zero attached hydrogens (tertiary/aromatic N) is 1. The number of aliphatic hydroxyl groups is 1. The molecule has 0 fully saturated rings. The third-order valence-corrected chi connectivity index (χ3v) is 4.05. The van der Waals surface area contributed by atoms with Crippen molar-refractivity contribution in [2.75, 3.05) is 6.61 Å². The summed E-state index contributed by atoms with van der Waals surface area (Å²) in [5, 5.41) is 9.05. The van der Waals surface area contributed by atoms with Crippen LogP contribution in [-0.2, 0) is 6.42 Å². The van der Waals surface area contributed by atoms with Crippen LogP contribution in [0.3, 0.4) is 0 Å². The van der Waals surface area contributed by atoms with E-state index in [1.807, 2.05) is 6.92 Å². The molecule has 0 aliphatic heterocycles. The quantitative estimate of drug-likeness (QED) is 0.556. The number of aromatic nitrogens is 1. The summed E-state index contributed by atoms with van der Waals surface area (Å²) in [7, 11) is 0. The third kappa shape index (κ3) is 7.22. The van der Waals surface area contributed by atoms with E-state index in [9.17, 15) is 0 Å². The molecule has 22 heavy (non-hydrogen) atoms. The van der Waals surface area contributed by atoms with Gasteiger partial charge >= 0.3 is 0 Å². The first-order chi connectivity index (χ1) is 10.7. The molecule has 0 saturated carbocycles. The van der Waals surface area contributed by atoms with Gasteiger partial charge in [-0.1, -0.05) is 51.2 Å². The number of aryl methyl sites for hydroxylation is 3. The van der Waals surface area contributed by atoms with Gasteiger partial charge in [-0.05, 0) is 56.7 Å². The molecule has 0 radical (unpaired) electrons. The van der Waals surface area contributed by atoms with Crippen LogP contribution in [0.5, 0.6) is 0 Å². The zero-order chi connectivity index (χ0) is 16.2. The van der Waals surface area contributed by atoms with Crippen LogP contribution in [-0.4, -0.2) is 16.7 Å². The minimum atomic E-state index is 0.232. The number of unbranched alkanes of at least 4 members (excludes halogenated alkanes) is 6. The van der Waals surface area contributed by atoms with Gasteiger partial charge in [-0.25, -0.2) is 0 Å². The average molecular weight is 303 g/mol. The lowest BCUT2D eigenvalue weighted by Gasteiger charge is -2.09. The molecule has 0 bridgehead atoms. The molecule has 0 saturated heterocycles. The summed E-state index contributed by atoms with van der Waals surface area (Å²) in [6.45, 7) is 6.69. The molecule has 2 heteroatoms. The number of hydrogen-bond donors (Lipinski definition) is 1. The van der Waals surface area contributed by atoms with Crippen molar-refractivity contribution in [3.05, 3.63) is 34.7 Å². The summed E-state index contributed by atoms with van der Waals surface area (Å²) in [5.74, 6) is 0. The fourth-order valence-electron chi connectivity index (χ4n) is 2.83. The van der Waals surface area contributed by atoms with E-state index in [4.69, 9.17) is 5.11 Å². The zero-order valence-corrected chi connectivity index (χ0v) is 14.7. The first kappa shape index (κ1) is 18.9. The third-order valence-electron chi connectivity index (χ3n) is 4.05. The van der Waals surface area contributed by atoms with Gasteiger partial charge in [0.2, 0.25) is 0 Å². The van der Waals surface area contributed by atoms with Crippen molar-refractivity contribution >= 4 is 6.08 Å². The Balaban J connectivity index is 2.50. The highest BCUT2D eigenvalue weighted by Gasteiger charge is 2.06. The monoisotopic (exact) mass is 303 g/mol. The van der Waals surface area contributed by atoms with Crippen molar-refractivity contribution in [3.8, 4) is 0 Å². The molecule has 0 amide bonds. The van der Waals surface area contributed by atoms with Crippen molar-refractivity contribution in [2.24, 2.45) is 0 Å². The average Bonchev–Trinajstić information content (AvgIpc) is 2.49. The second-order valence-corrected chi connectivity index (χ2v) is 6.23. The van der Waals surface area contributed by atoms with Gasteiger partial charge in [-0.2, -0.15) is 0 Å². The van der Waals surface area contributed by atoms with Gasteiger partial charge < -0.3 is 5.11 Å². The Morgan fingerprint density at radius 1 is 1.05 bits per heavy atom. The van der Waals surface area contributed by atoms with Crippen LogP contribution in [0, 0.1) is 13.8 Å². The van der Waals surface area contributed by atoms with Gasteiger partial charge in [0.1, 0.15) is 0 Å². The highest BCUT2D eigenvalue weighted by atomic mass is 16.2. The maximum absolute atomic E-state index is 9.05. The summed E-state index contributed by atoms with van der Waals surface area (Å²) in [5.41, 5.74) is 4.74. The van der Waals surface area contributed by atoms with E-state index in [1.54, 1.807) is 0 Å². The molecule has 2 nitrogen and oxygen atoms in total. The number of pyridine rings is 1. The molecular weight excluding hydrogens is 270 g/mol. The molecule has 0 unspecified atom stereocenters. The molecule has 1 rings (SSSR count). The lowest BCUT2D eigenvalue weighted by molar-refractivity contribution is 0.288. The van der Waals surface area contributed by atoms with E-state index in [-0.39, 0.29) is 6.61 Å². The van der Waals surface area contributed by atoms with Crippen LogP contribution in [0.1, 0.15) is 80.8 Å². The minimum absolute atomic E-state index is 0.232. The molecule has 0 spiro atoms. The first-order valence-corrected chi connectivity index (χ1v) is 8.93. The summed E-state index contributed by atoms with van der Waals surface area (Å²) in [6, 6.07) is 2.15. The Kier molecular flexibility index (Phi) is 9.81. The molecule has 0 aromatic carbocycles. The number of rotatable bonds is 11. The van der Waals surface area contributed by atoms with Gasteiger partial charge in [-0.15, -0.1) is 0 Å². The normalized spacial score (nSPS) is 11.5. The molecule has 1 aromatic heterocycles. The van der Waals surface area contributed by atoms with Gasteiger partial charge in [0.25, 0.3) is 0 Å². The fourth-order valence-corrected chi connectivity index (χ4v) is 2.83. The summed E-state index contributed by atoms with van der Waals surface area (Å²) in [6.07, 6.45) is 15.4. The lowest BCUT2D eigenvalue weighted by atomic mass is 10.0. The van der Waals surface area contributed by atoms with Crippen LogP contribution >= 0.6 is 0 Å². The molecular formula is C20H33NO. The SMILES string of the molecule is CCCCCCCC/C=C/c1c(C)cc(C)nc1CCCO. The largest absolute Gasteiger partial charge is 0.396 e. The summed E-state index contributed by atoms with van der Waals surface area (Å²) < 4.78 is 0. The van der Waals surface area contributed by atoms with E-state index >= 15 is 0 Å². The second kappa shape index (κ2) is 11.4. The number of allylic oxidation sites excluding steroid dienone is 1. The van der Waals surface area contributed by atoms with Crippen LogP contribution in [0.15, 0.2) is 12.1 Å². The lowest BCUT2D eigenvalue weighted by Crippen LogP contribution is -2.00. The zero-order valence-electron chi connectivity index (χ0n) is 14.7. The second-order valence-electron chi connectivity index (χ2n) is 6.23. The van der Waals surface area contributed by atoms with E-state index in [2.05, 4.69) is 37.0 Å². The Morgan fingerprint density at radius 2 is 1.77 bits per heavy atom. The van der Waals surface area contributed by atoms with Crippen molar-refractivity contribution in [2.45, 2.75) is 78.6 Å². The maximum atomic E-state index is 9.05. The number of aliphatic hydroxyl groups excluding tert-OH is 1. The van der Waals surface area contributed by atoms with Gasteiger partial charge in [0.05, 0.1) is 0 Å². The highest BCUT2D eigenvalue weighted by molar-refractivity contribution is 5.56. The Hall–Kier alpha value is -1.15. The predicted octanol–water partition coefficient (Wildman–Crippen LogP) is 5.39. The van der Waals surface area contributed by atoms with Crippen LogP contribution in [0.25, 0.3) is 6.08 Å². The minimum Gasteiger partial charge on any atom is -0.396 e. The first-order valence-electron chi connectivity index (χ1n) is 8.93. The Bertz CT molecular complexity index is 451. The maximum Gasteiger partial charge on any atom is 0.0482 e. The van der Waals surface area contributed by atoms with E-state index in [1.165, 1.54) is 49.7 Å². The summed E-state index contributed by atoms with van der Waals surface area (Å²) >= 11 is 0. The van der Waals surface area contributed by atoms with Gasteiger partial charge in [-0.3, -0.25) is 4.98 Å². The van der Waals surface area contributed by atoms with Crippen LogP contribution in [0.4, 0.5) is 0 Å². The fraction of sp³-hybridized carbons (Fsp3) is 0.650. The molecule has 0 aliphatic rings. The highest BCUT2D eigenvalue weighted by Crippen LogP contribution is 2.18. The van der Waals surface area contributed by atoms with Crippen molar-refractivity contribution < 1.29 is 5.11 Å². The smallest absolute Gasteiger partial charge is 0.0482 e. The Morgan fingerprint density at radius 3 is 2.50 bits per heavy atom. The van der Waals surface area contributed by atoms with Crippen molar-refractivity contribution in [1.29, 1.82) is 0 Å². The topological polar surface area (TPSA) is 33.1 Å². The van der Waals surface area contributed by atoms with E-state index in [0.29, 0.717) is 0 Å². The van der Waals surface area contributed by atoms with E-state index in [0.717, 1.165) is 30.7 Å². The molecule has 1 heterocycles. The molecule has 124 valence electrons. The van der Waals surface area contributed by atoms with Gasteiger partial charge in [0.15, 0.2) is 0 Å². The standard InChI is InChI=1S/C20H33NO/c1-4-5-6-7-8-9-10-11-13-19-17(2)16-18(3)21-20(19)14-12-15-22/h11,13,16,22H,4-10,12,14-15H2,1-3H3/b13-11+. The van der Waals surface area contributed by atoms with E-state index < -0.39 is 0 Å². The number of hydrogen-bond acceptors (Lipinski definition) is 2. The summed E-state index contributed by atoms with van der Waals surface area (Å²) in [4.78, 5) is 4.66. The molecule has 0 atom stereocenters. The Labute approximate surface area is 136 Å². The molecule has 0 aliphatic carbocycles. The van der Waals surface area contributed by atoms with Crippen LogP contribution < -0.4 is 0 Å². The van der Waals surface area contributed by atoms with Crippen molar-refractivity contribution in [1.82, 2.24) is 4.98 Å². The van der Waals surface area contributed by atoms with Crippen molar-refractivity contribution in [3.63, 3.8) is 0 Å². The van der Waals surface area contributed by atoms with Gasteiger partial charge in [0, 0.05) is 18.0 Å². The molecule has 1 aromatic rings.